The van der Waals surface area contributed by atoms with Gasteiger partial charge in [0.2, 0.25) is 0 Å². The molecule has 1 fully saturated rings. The Morgan fingerprint density at radius 3 is 1.58 bits per heavy atom. The minimum absolute atomic E-state index is 0.276. The molecule has 14 heteroatoms. The van der Waals surface area contributed by atoms with Gasteiger partial charge in [-0.05, 0) is 0 Å². The molecule has 0 spiro atoms. The maximum absolute atomic E-state index is 10.7. The summed E-state index contributed by atoms with van der Waals surface area (Å²) in [6.07, 6.45) is 0. The molecule has 0 amide bonds. The molecule has 24 heavy (non-hydrogen) atoms. The van der Waals surface area contributed by atoms with Crippen molar-refractivity contribution in [3.05, 3.63) is 0 Å². The first-order valence-corrected chi connectivity index (χ1v) is 8.49. The molecule has 0 aliphatic carbocycles. The summed E-state index contributed by atoms with van der Waals surface area (Å²) in [5.41, 5.74) is 0. The molecular formula is C10H17F6N4O3P. The molecule has 142 valence electrons. The summed E-state index contributed by atoms with van der Waals surface area (Å²) in [5, 5.41) is 0. The third kappa shape index (κ3) is 8.41. The van der Waals surface area contributed by atoms with Crippen LogP contribution in [0.2, 0.25) is 0 Å². The van der Waals surface area contributed by atoms with Crippen LogP contribution in [0.15, 0.2) is 0 Å². The molecule has 0 saturated carbocycles. The van der Waals surface area contributed by atoms with Gasteiger partial charge in [-0.15, -0.1) is 15.0 Å². The van der Waals surface area contributed by atoms with Crippen LogP contribution in [-0.4, -0.2) is 62.5 Å². The Labute approximate surface area is 133 Å². The van der Waals surface area contributed by atoms with Crippen molar-refractivity contribution in [2.45, 2.75) is 0 Å². The second-order valence-electron chi connectivity index (χ2n) is 5.02. The van der Waals surface area contributed by atoms with Crippen LogP contribution in [0.1, 0.15) is 0 Å². The number of aromatic nitrogens is 3. The van der Waals surface area contributed by atoms with Crippen LogP contribution in [0.5, 0.6) is 12.0 Å². The van der Waals surface area contributed by atoms with Crippen molar-refractivity contribution in [1.29, 1.82) is 0 Å². The first-order chi connectivity index (χ1) is 10.6. The van der Waals surface area contributed by atoms with Gasteiger partial charge in [0.05, 0.1) is 34.5 Å². The number of quaternary nitrogens is 1. The van der Waals surface area contributed by atoms with E-state index in [4.69, 9.17) is 14.2 Å². The van der Waals surface area contributed by atoms with Crippen LogP contribution in [-0.2, 0) is 4.74 Å². The van der Waals surface area contributed by atoms with E-state index in [0.29, 0.717) is 23.6 Å². The van der Waals surface area contributed by atoms with Gasteiger partial charge in [0.1, 0.15) is 13.1 Å². The van der Waals surface area contributed by atoms with Crippen LogP contribution in [0.25, 0.3) is 0 Å². The summed E-state index contributed by atoms with van der Waals surface area (Å²) < 4.78 is 75.3. The molecule has 7 nitrogen and oxygen atoms in total. The third-order valence-electron chi connectivity index (χ3n) is 2.89. The van der Waals surface area contributed by atoms with E-state index in [0.717, 1.165) is 13.1 Å². The van der Waals surface area contributed by atoms with E-state index < -0.39 is 7.81 Å². The van der Waals surface area contributed by atoms with Gasteiger partial charge in [-0.2, -0.15) is 0 Å². The number of morpholine rings is 1. The van der Waals surface area contributed by atoms with Crippen molar-refractivity contribution >= 4 is 13.8 Å². The average Bonchev–Trinajstić information content (AvgIpc) is 2.44. The molecular weight excluding hydrogens is 369 g/mol. The molecule has 1 aromatic heterocycles. The van der Waals surface area contributed by atoms with Crippen LogP contribution < -0.4 is 14.0 Å². The van der Waals surface area contributed by atoms with Gasteiger partial charge in [0.25, 0.3) is 0 Å². The maximum atomic E-state index is 9.87. The first-order valence-electron chi connectivity index (χ1n) is 6.46. The van der Waals surface area contributed by atoms with Crippen molar-refractivity contribution < 1.29 is 39.4 Å². The standard InChI is InChI=1S/C10H17N4O3.F6P/c1-14(4-6-17-7-5-14)8-11-9(15-2)13-10(12-8)16-3;1-7(2,3,4,5)6/h4-7H2,1-3H3;/q+1;-1. The Bertz CT molecular complexity index is 545. The summed E-state index contributed by atoms with van der Waals surface area (Å²) in [6, 6.07) is 0.551. The summed E-state index contributed by atoms with van der Waals surface area (Å²) >= 11 is 0. The SMILES string of the molecule is COc1nc(OC)nc([N+]2(C)CCOCC2)n1.F[P-](F)(F)(F)(F)F. The van der Waals surface area contributed by atoms with E-state index in [2.05, 4.69) is 22.0 Å². The quantitative estimate of drug-likeness (QED) is 0.452. The van der Waals surface area contributed by atoms with E-state index in [1.807, 2.05) is 0 Å². The van der Waals surface area contributed by atoms with Gasteiger partial charge in [-0.25, -0.2) is 0 Å². The molecule has 0 atom stereocenters. The van der Waals surface area contributed by atoms with Crippen molar-refractivity contribution in [3.63, 3.8) is 0 Å². The Balaban J connectivity index is 0.000000351. The van der Waals surface area contributed by atoms with Gasteiger partial charge in [-0.3, -0.25) is 4.48 Å². The van der Waals surface area contributed by atoms with E-state index in [1.165, 1.54) is 14.2 Å². The molecule has 1 aliphatic heterocycles. The monoisotopic (exact) mass is 386 g/mol. The van der Waals surface area contributed by atoms with E-state index in [1.54, 1.807) is 0 Å². The summed E-state index contributed by atoms with van der Waals surface area (Å²) in [6.45, 7) is 3.06. The number of hydrogen-bond acceptors (Lipinski definition) is 6. The van der Waals surface area contributed by atoms with Gasteiger partial charge in [0.15, 0.2) is 0 Å². The second kappa shape index (κ2) is 6.12. The molecule has 2 rings (SSSR count). The van der Waals surface area contributed by atoms with Crippen LogP contribution in [0.4, 0.5) is 31.1 Å². The molecule has 0 radical (unpaired) electrons. The van der Waals surface area contributed by atoms with E-state index in [9.17, 15) is 25.2 Å². The zero-order valence-electron chi connectivity index (χ0n) is 13.1. The zero-order valence-corrected chi connectivity index (χ0v) is 14.0. The predicted molar refractivity (Wildman–Crippen MR) is 74.8 cm³/mol. The number of nitrogens with zero attached hydrogens (tertiary/aromatic N) is 4. The molecule has 1 aromatic rings. The second-order valence-corrected chi connectivity index (χ2v) is 6.94. The molecule has 1 saturated heterocycles. The van der Waals surface area contributed by atoms with Crippen molar-refractivity contribution in [1.82, 2.24) is 19.4 Å². The van der Waals surface area contributed by atoms with Crippen molar-refractivity contribution in [2.24, 2.45) is 0 Å². The fraction of sp³-hybridized carbons (Fsp3) is 0.700. The first kappa shape index (κ1) is 20.6. The average molecular weight is 386 g/mol. The Morgan fingerprint density at radius 2 is 1.25 bits per heavy atom. The number of methoxy groups -OCH3 is 2. The normalized spacial score (nSPS) is 20.0. The van der Waals surface area contributed by atoms with Gasteiger partial charge >= 0.3 is 51.0 Å². The molecule has 1 aliphatic rings. The number of rotatable bonds is 3. The van der Waals surface area contributed by atoms with Gasteiger partial charge in [0, 0.05) is 0 Å². The van der Waals surface area contributed by atoms with Crippen molar-refractivity contribution in [2.75, 3.05) is 47.6 Å². The van der Waals surface area contributed by atoms with Crippen LogP contribution >= 0.6 is 7.81 Å². The fourth-order valence-corrected chi connectivity index (χ4v) is 1.70. The van der Waals surface area contributed by atoms with Gasteiger partial charge < -0.3 is 14.2 Å². The molecule has 0 bridgehead atoms. The van der Waals surface area contributed by atoms with Gasteiger partial charge in [-0.1, -0.05) is 0 Å². The van der Waals surface area contributed by atoms with Crippen LogP contribution in [0.3, 0.4) is 0 Å². The number of halogens is 6. The number of ether oxygens (including phenoxy) is 3. The summed E-state index contributed by atoms with van der Waals surface area (Å²) in [7, 11) is -5.54. The van der Waals surface area contributed by atoms with E-state index in [-0.39, 0.29) is 12.0 Å². The molecule has 0 N–H and O–H groups in total. The molecule has 2 heterocycles. The summed E-state index contributed by atoms with van der Waals surface area (Å²) in [4.78, 5) is 12.6. The molecule has 0 aromatic carbocycles. The number of hydrogen-bond donors (Lipinski definition) is 0. The van der Waals surface area contributed by atoms with Crippen LogP contribution in [0, 0.1) is 0 Å². The number of likely N-dealkylation sites (N-methyl/N-ethyl adjacent to an activating group) is 1. The van der Waals surface area contributed by atoms with Crippen molar-refractivity contribution in [3.8, 4) is 12.0 Å². The van der Waals surface area contributed by atoms with E-state index >= 15 is 0 Å². The summed E-state index contributed by atoms with van der Waals surface area (Å²) in [5.74, 6) is 0.650. The Hall–Kier alpha value is -1.46. The fourth-order valence-electron chi connectivity index (χ4n) is 1.70. The topological polar surface area (TPSA) is 66.4 Å². The predicted octanol–water partition coefficient (Wildman–Crippen LogP) is 3.24. The third-order valence-corrected chi connectivity index (χ3v) is 2.89. The Morgan fingerprint density at radius 1 is 0.875 bits per heavy atom. The zero-order chi connectivity index (χ0) is 18.7. The Kier molecular flexibility index (Phi) is 5.25. The molecule has 0 unspecified atom stereocenters. The minimum atomic E-state index is -10.7.